The van der Waals surface area contributed by atoms with Gasteiger partial charge in [-0.25, -0.2) is 4.98 Å². The zero-order valence-electron chi connectivity index (χ0n) is 9.72. The molecule has 1 aromatic carbocycles. The van der Waals surface area contributed by atoms with Crippen molar-refractivity contribution in [2.24, 2.45) is 7.05 Å². The Hall–Kier alpha value is -1.40. The van der Waals surface area contributed by atoms with E-state index in [0.29, 0.717) is 6.54 Å². The summed E-state index contributed by atoms with van der Waals surface area (Å²) >= 11 is 5.12. The van der Waals surface area contributed by atoms with Crippen LogP contribution in [0.4, 0.5) is 5.13 Å². The highest BCUT2D eigenvalue weighted by molar-refractivity contribution is 9.10. The molecule has 1 N–H and O–H groups in total. The van der Waals surface area contributed by atoms with E-state index < -0.39 is 0 Å². The van der Waals surface area contributed by atoms with E-state index in [4.69, 9.17) is 0 Å². The van der Waals surface area contributed by atoms with Crippen molar-refractivity contribution in [3.05, 3.63) is 40.6 Å². The second kappa shape index (κ2) is 4.70. The molecule has 0 unspecified atom stereocenters. The van der Waals surface area contributed by atoms with Gasteiger partial charge in [0.05, 0.1) is 22.5 Å². The minimum atomic E-state index is 0.696. The van der Waals surface area contributed by atoms with Crippen LogP contribution in [0.25, 0.3) is 10.2 Å². The number of fused-ring (bicyclic) bond motifs is 1. The summed E-state index contributed by atoms with van der Waals surface area (Å²) < 4.78 is 4.05. The van der Waals surface area contributed by atoms with Gasteiger partial charge in [0, 0.05) is 17.7 Å². The highest BCUT2D eigenvalue weighted by Gasteiger charge is 2.04. The van der Waals surface area contributed by atoms with E-state index in [1.54, 1.807) is 16.0 Å². The number of thiazole rings is 1. The summed E-state index contributed by atoms with van der Waals surface area (Å²) in [5, 5.41) is 8.54. The van der Waals surface area contributed by atoms with Crippen molar-refractivity contribution in [1.82, 2.24) is 14.8 Å². The minimum Gasteiger partial charge on any atom is -0.356 e. The third kappa shape index (κ3) is 2.39. The van der Waals surface area contributed by atoms with Crippen LogP contribution in [0.1, 0.15) is 5.69 Å². The third-order valence-corrected chi connectivity index (χ3v) is 4.01. The number of nitrogens with zero attached hydrogens (tertiary/aromatic N) is 3. The smallest absolute Gasteiger partial charge is 0.184 e. The summed E-state index contributed by atoms with van der Waals surface area (Å²) in [6.45, 7) is 0.696. The van der Waals surface area contributed by atoms with Crippen LogP contribution in [0.5, 0.6) is 0 Å². The second-order valence-electron chi connectivity index (χ2n) is 3.97. The summed E-state index contributed by atoms with van der Waals surface area (Å²) in [6.07, 6.45) is 1.94. The third-order valence-electron chi connectivity index (χ3n) is 2.54. The van der Waals surface area contributed by atoms with Crippen molar-refractivity contribution < 1.29 is 0 Å². The molecule has 0 atom stereocenters. The molecule has 0 aliphatic heterocycles. The lowest BCUT2D eigenvalue weighted by atomic mass is 10.3. The van der Waals surface area contributed by atoms with Crippen molar-refractivity contribution in [3.63, 3.8) is 0 Å². The molecular formula is C12H11BrN4S. The molecular weight excluding hydrogens is 312 g/mol. The number of benzene rings is 1. The molecule has 0 saturated carbocycles. The summed E-state index contributed by atoms with van der Waals surface area (Å²) in [4.78, 5) is 4.53. The Morgan fingerprint density at radius 3 is 3.06 bits per heavy atom. The molecule has 92 valence electrons. The first-order valence-electron chi connectivity index (χ1n) is 5.49. The molecule has 0 aliphatic rings. The van der Waals surface area contributed by atoms with Gasteiger partial charge in [0.25, 0.3) is 0 Å². The van der Waals surface area contributed by atoms with Crippen LogP contribution in [0.15, 0.2) is 34.9 Å². The lowest BCUT2D eigenvalue weighted by Crippen LogP contribution is -2.00. The number of aromatic nitrogens is 3. The standard InChI is InChI=1S/C12H11BrN4S/c1-17-5-4-9(16-17)7-14-12-15-10-3-2-8(13)6-11(10)18-12/h2-6H,7H2,1H3,(H,14,15). The molecule has 0 fully saturated rings. The Labute approximate surface area is 117 Å². The van der Waals surface area contributed by atoms with Crippen LogP contribution in [0.2, 0.25) is 0 Å². The second-order valence-corrected chi connectivity index (χ2v) is 5.91. The molecule has 3 rings (SSSR count). The predicted molar refractivity (Wildman–Crippen MR) is 77.9 cm³/mol. The van der Waals surface area contributed by atoms with E-state index in [9.17, 15) is 0 Å². The average Bonchev–Trinajstić information content (AvgIpc) is 2.92. The van der Waals surface area contributed by atoms with Gasteiger partial charge >= 0.3 is 0 Å². The molecule has 0 bridgehead atoms. The van der Waals surface area contributed by atoms with Crippen LogP contribution in [0, 0.1) is 0 Å². The van der Waals surface area contributed by atoms with Crippen molar-refractivity contribution in [3.8, 4) is 0 Å². The fraction of sp³-hybridized carbons (Fsp3) is 0.167. The van der Waals surface area contributed by atoms with Crippen LogP contribution in [-0.4, -0.2) is 14.8 Å². The minimum absolute atomic E-state index is 0.696. The lowest BCUT2D eigenvalue weighted by Gasteiger charge is -1.97. The van der Waals surface area contributed by atoms with E-state index in [1.807, 2.05) is 31.4 Å². The van der Waals surface area contributed by atoms with E-state index in [2.05, 4.69) is 37.4 Å². The summed E-state index contributed by atoms with van der Waals surface area (Å²) in [6, 6.07) is 8.10. The van der Waals surface area contributed by atoms with Gasteiger partial charge in [-0.2, -0.15) is 5.10 Å². The molecule has 2 heterocycles. The van der Waals surface area contributed by atoms with Crippen molar-refractivity contribution >= 4 is 42.6 Å². The van der Waals surface area contributed by atoms with E-state index >= 15 is 0 Å². The number of hydrogen-bond acceptors (Lipinski definition) is 4. The molecule has 0 saturated heterocycles. The number of anilines is 1. The van der Waals surface area contributed by atoms with Crippen LogP contribution in [-0.2, 0) is 13.6 Å². The zero-order chi connectivity index (χ0) is 12.5. The Morgan fingerprint density at radius 2 is 2.28 bits per heavy atom. The maximum Gasteiger partial charge on any atom is 0.184 e. The summed E-state index contributed by atoms with van der Waals surface area (Å²) in [7, 11) is 1.92. The average molecular weight is 323 g/mol. The molecule has 2 aromatic heterocycles. The first-order valence-corrected chi connectivity index (χ1v) is 7.10. The highest BCUT2D eigenvalue weighted by Crippen LogP contribution is 2.28. The van der Waals surface area contributed by atoms with Gasteiger partial charge in [-0.05, 0) is 24.3 Å². The molecule has 6 heteroatoms. The maximum absolute atomic E-state index is 4.53. The molecule has 4 nitrogen and oxygen atoms in total. The van der Waals surface area contributed by atoms with Gasteiger partial charge in [-0.3, -0.25) is 4.68 Å². The largest absolute Gasteiger partial charge is 0.356 e. The van der Waals surface area contributed by atoms with Crippen LogP contribution >= 0.6 is 27.3 Å². The Bertz CT molecular complexity index is 688. The molecule has 3 aromatic rings. The molecule has 0 radical (unpaired) electrons. The zero-order valence-corrected chi connectivity index (χ0v) is 12.1. The molecule has 0 aliphatic carbocycles. The summed E-state index contributed by atoms with van der Waals surface area (Å²) in [5.74, 6) is 0. The molecule has 0 spiro atoms. The number of hydrogen-bond donors (Lipinski definition) is 1. The van der Waals surface area contributed by atoms with Gasteiger partial charge in [-0.15, -0.1) is 0 Å². The molecule has 18 heavy (non-hydrogen) atoms. The quantitative estimate of drug-likeness (QED) is 0.803. The Kier molecular flexibility index (Phi) is 3.05. The summed E-state index contributed by atoms with van der Waals surface area (Å²) in [5.41, 5.74) is 2.03. The monoisotopic (exact) mass is 322 g/mol. The predicted octanol–water partition coefficient (Wildman–Crippen LogP) is 3.40. The Morgan fingerprint density at radius 1 is 1.39 bits per heavy atom. The van der Waals surface area contributed by atoms with E-state index in [0.717, 1.165) is 20.8 Å². The topological polar surface area (TPSA) is 42.7 Å². The Balaban J connectivity index is 1.78. The van der Waals surface area contributed by atoms with Gasteiger partial charge < -0.3 is 5.32 Å². The van der Waals surface area contributed by atoms with Crippen molar-refractivity contribution in [1.29, 1.82) is 0 Å². The molecule has 0 amide bonds. The first-order chi connectivity index (χ1) is 8.70. The lowest BCUT2D eigenvalue weighted by molar-refractivity contribution is 0.747. The number of rotatable bonds is 3. The maximum atomic E-state index is 4.53. The fourth-order valence-corrected chi connectivity index (χ4v) is 3.11. The fourth-order valence-electron chi connectivity index (χ4n) is 1.70. The van der Waals surface area contributed by atoms with Crippen LogP contribution in [0.3, 0.4) is 0 Å². The van der Waals surface area contributed by atoms with Crippen LogP contribution < -0.4 is 5.32 Å². The van der Waals surface area contributed by atoms with E-state index in [-0.39, 0.29) is 0 Å². The normalized spacial score (nSPS) is 11.0. The number of nitrogens with one attached hydrogen (secondary N) is 1. The number of aryl methyl sites for hydroxylation is 1. The first kappa shape index (κ1) is 11.7. The van der Waals surface area contributed by atoms with Crippen molar-refractivity contribution in [2.45, 2.75) is 6.54 Å². The van der Waals surface area contributed by atoms with Gasteiger partial charge in [0.1, 0.15) is 0 Å². The van der Waals surface area contributed by atoms with Gasteiger partial charge in [0.2, 0.25) is 0 Å². The highest BCUT2D eigenvalue weighted by atomic mass is 79.9. The number of halogens is 1. The SMILES string of the molecule is Cn1ccc(CNc2nc3ccc(Br)cc3s2)n1. The van der Waals surface area contributed by atoms with Gasteiger partial charge in [-0.1, -0.05) is 27.3 Å². The van der Waals surface area contributed by atoms with E-state index in [1.165, 1.54) is 4.70 Å². The van der Waals surface area contributed by atoms with Gasteiger partial charge in [0.15, 0.2) is 5.13 Å². The van der Waals surface area contributed by atoms with Crippen molar-refractivity contribution in [2.75, 3.05) is 5.32 Å².